The first kappa shape index (κ1) is 11.9. The Bertz CT molecular complexity index is 403. The molecule has 1 aromatic rings. The first-order valence-electron chi connectivity index (χ1n) is 5.56. The van der Waals surface area contributed by atoms with E-state index < -0.39 is 0 Å². The van der Waals surface area contributed by atoms with E-state index in [1.54, 1.807) is 0 Å². The second-order valence-electron chi connectivity index (χ2n) is 5.12. The topological polar surface area (TPSA) is 50.9 Å². The Morgan fingerprint density at radius 2 is 2.19 bits per heavy atom. The minimum atomic E-state index is 0.155. The lowest BCUT2D eigenvalue weighted by Crippen LogP contribution is -2.61. The fraction of sp³-hybridized carbons (Fsp3) is 0.583. The van der Waals surface area contributed by atoms with Gasteiger partial charge in [0.1, 0.15) is 5.82 Å². The van der Waals surface area contributed by atoms with Gasteiger partial charge in [-0.15, -0.1) is 0 Å². The van der Waals surface area contributed by atoms with Crippen LogP contribution >= 0.6 is 15.9 Å². The summed E-state index contributed by atoms with van der Waals surface area (Å²) < 4.78 is 1.04. The molecule has 88 valence electrons. The van der Waals surface area contributed by atoms with E-state index in [-0.39, 0.29) is 5.41 Å². The van der Waals surface area contributed by atoms with Crippen molar-refractivity contribution in [2.45, 2.75) is 39.3 Å². The van der Waals surface area contributed by atoms with Crippen molar-refractivity contribution in [3.05, 3.63) is 22.3 Å². The van der Waals surface area contributed by atoms with E-state index in [4.69, 9.17) is 5.73 Å². The Morgan fingerprint density at radius 1 is 1.50 bits per heavy atom. The van der Waals surface area contributed by atoms with E-state index in [1.807, 2.05) is 19.1 Å². The second-order valence-corrected chi connectivity index (χ2v) is 5.98. The monoisotopic (exact) mass is 283 g/mol. The summed E-state index contributed by atoms with van der Waals surface area (Å²) >= 11 is 3.45. The number of nitrogens with zero attached hydrogens (tertiary/aromatic N) is 1. The molecule has 0 aromatic carbocycles. The van der Waals surface area contributed by atoms with E-state index in [2.05, 4.69) is 40.1 Å². The summed E-state index contributed by atoms with van der Waals surface area (Å²) in [6.45, 7) is 6.39. The molecule has 0 saturated heterocycles. The molecule has 1 aromatic heterocycles. The van der Waals surface area contributed by atoms with Gasteiger partial charge < -0.3 is 11.1 Å². The summed E-state index contributed by atoms with van der Waals surface area (Å²) in [5.41, 5.74) is 7.15. The molecular formula is C12H18BrN3. The zero-order valence-corrected chi connectivity index (χ0v) is 11.5. The molecule has 2 atom stereocenters. The van der Waals surface area contributed by atoms with Crippen LogP contribution in [0.15, 0.2) is 16.6 Å². The third kappa shape index (κ3) is 1.96. The molecule has 0 bridgehead atoms. The number of aryl methyl sites for hydroxylation is 1. The molecule has 16 heavy (non-hydrogen) atoms. The number of hydrogen-bond donors (Lipinski definition) is 2. The number of nitrogens with two attached hydrogens (primary N) is 1. The number of nitrogens with one attached hydrogen (secondary N) is 1. The van der Waals surface area contributed by atoms with Crippen LogP contribution in [0.2, 0.25) is 0 Å². The molecule has 2 unspecified atom stereocenters. The SMILES string of the molecule is Cc1nc(NC2CC(N)C2(C)C)ccc1Br. The summed E-state index contributed by atoms with van der Waals surface area (Å²) in [7, 11) is 0. The number of halogens is 1. The van der Waals surface area contributed by atoms with Gasteiger partial charge in [0.2, 0.25) is 0 Å². The number of pyridine rings is 1. The van der Waals surface area contributed by atoms with Gasteiger partial charge in [0.15, 0.2) is 0 Å². The van der Waals surface area contributed by atoms with Crippen LogP contribution in [0.4, 0.5) is 5.82 Å². The lowest BCUT2D eigenvalue weighted by atomic mass is 9.63. The Labute approximate surface area is 105 Å². The summed E-state index contributed by atoms with van der Waals surface area (Å²) in [4.78, 5) is 4.49. The molecule has 3 N–H and O–H groups in total. The average molecular weight is 284 g/mol. The molecule has 1 aliphatic carbocycles. The lowest BCUT2D eigenvalue weighted by Gasteiger charge is -2.50. The smallest absolute Gasteiger partial charge is 0.126 e. The second kappa shape index (κ2) is 4.00. The first-order chi connectivity index (χ1) is 7.41. The van der Waals surface area contributed by atoms with Crippen LogP contribution in [-0.2, 0) is 0 Å². The molecule has 1 aliphatic rings. The minimum Gasteiger partial charge on any atom is -0.367 e. The van der Waals surface area contributed by atoms with E-state index in [0.29, 0.717) is 12.1 Å². The van der Waals surface area contributed by atoms with Crippen molar-refractivity contribution < 1.29 is 0 Å². The van der Waals surface area contributed by atoms with Crippen molar-refractivity contribution in [2.24, 2.45) is 11.1 Å². The van der Waals surface area contributed by atoms with E-state index in [9.17, 15) is 0 Å². The number of anilines is 1. The average Bonchev–Trinajstić information content (AvgIpc) is 2.23. The lowest BCUT2D eigenvalue weighted by molar-refractivity contribution is 0.117. The van der Waals surface area contributed by atoms with Crippen LogP contribution in [0.5, 0.6) is 0 Å². The van der Waals surface area contributed by atoms with Crippen LogP contribution in [0.25, 0.3) is 0 Å². The highest BCUT2D eigenvalue weighted by molar-refractivity contribution is 9.10. The molecule has 1 fully saturated rings. The van der Waals surface area contributed by atoms with Crippen LogP contribution in [0.3, 0.4) is 0 Å². The third-order valence-corrected chi connectivity index (χ3v) is 4.52. The van der Waals surface area contributed by atoms with Gasteiger partial charge in [-0.2, -0.15) is 0 Å². The van der Waals surface area contributed by atoms with Gasteiger partial charge in [0, 0.05) is 22.0 Å². The van der Waals surface area contributed by atoms with E-state index in [0.717, 1.165) is 22.4 Å². The van der Waals surface area contributed by atoms with Crippen LogP contribution in [0, 0.1) is 12.3 Å². The van der Waals surface area contributed by atoms with Crippen molar-refractivity contribution in [1.29, 1.82) is 0 Å². The Morgan fingerprint density at radius 3 is 2.69 bits per heavy atom. The largest absolute Gasteiger partial charge is 0.367 e. The van der Waals surface area contributed by atoms with Crippen LogP contribution in [-0.4, -0.2) is 17.1 Å². The molecule has 1 heterocycles. The number of rotatable bonds is 2. The number of hydrogen-bond acceptors (Lipinski definition) is 3. The molecule has 0 spiro atoms. The summed E-state index contributed by atoms with van der Waals surface area (Å²) in [6.07, 6.45) is 1.02. The Hall–Kier alpha value is -0.610. The quantitative estimate of drug-likeness (QED) is 0.878. The highest BCUT2D eigenvalue weighted by Crippen LogP contribution is 2.40. The van der Waals surface area contributed by atoms with Gasteiger partial charge in [-0.05, 0) is 41.4 Å². The van der Waals surface area contributed by atoms with Crippen molar-refractivity contribution in [3.8, 4) is 0 Å². The molecule has 0 amide bonds. The van der Waals surface area contributed by atoms with Crippen molar-refractivity contribution in [1.82, 2.24) is 4.98 Å². The summed E-state index contributed by atoms with van der Waals surface area (Å²) in [6, 6.07) is 4.74. The molecule has 1 saturated carbocycles. The maximum absolute atomic E-state index is 5.99. The van der Waals surface area contributed by atoms with Crippen LogP contribution < -0.4 is 11.1 Å². The molecule has 2 rings (SSSR count). The Balaban J connectivity index is 2.08. The maximum atomic E-state index is 5.99. The Kier molecular flexibility index (Phi) is 2.97. The predicted octanol–water partition coefficient (Wildman–Crippen LogP) is 2.69. The van der Waals surface area contributed by atoms with Crippen molar-refractivity contribution in [2.75, 3.05) is 5.32 Å². The molecular weight excluding hydrogens is 266 g/mol. The summed E-state index contributed by atoms with van der Waals surface area (Å²) in [5.74, 6) is 0.936. The normalized spacial score (nSPS) is 27.3. The van der Waals surface area contributed by atoms with Crippen molar-refractivity contribution in [3.63, 3.8) is 0 Å². The third-order valence-electron chi connectivity index (χ3n) is 3.69. The number of aromatic nitrogens is 1. The summed E-state index contributed by atoms with van der Waals surface area (Å²) in [5, 5.41) is 3.46. The molecule has 0 aliphatic heterocycles. The van der Waals surface area contributed by atoms with E-state index >= 15 is 0 Å². The van der Waals surface area contributed by atoms with Gasteiger partial charge in [-0.1, -0.05) is 13.8 Å². The fourth-order valence-corrected chi connectivity index (χ4v) is 2.23. The molecule has 3 nitrogen and oxygen atoms in total. The minimum absolute atomic E-state index is 0.155. The maximum Gasteiger partial charge on any atom is 0.126 e. The van der Waals surface area contributed by atoms with Gasteiger partial charge in [0.25, 0.3) is 0 Å². The zero-order chi connectivity index (χ0) is 11.9. The van der Waals surface area contributed by atoms with Gasteiger partial charge in [0.05, 0.1) is 5.69 Å². The van der Waals surface area contributed by atoms with Gasteiger partial charge in [-0.3, -0.25) is 0 Å². The standard InChI is InChI=1S/C12H18BrN3/c1-7-8(13)4-5-11(15-7)16-10-6-9(14)12(10,2)3/h4-5,9-10H,6,14H2,1-3H3,(H,15,16). The highest BCUT2D eigenvalue weighted by Gasteiger charge is 2.46. The van der Waals surface area contributed by atoms with Gasteiger partial charge in [-0.25, -0.2) is 4.98 Å². The first-order valence-corrected chi connectivity index (χ1v) is 6.36. The molecule has 0 radical (unpaired) electrons. The van der Waals surface area contributed by atoms with E-state index in [1.165, 1.54) is 0 Å². The molecule has 4 heteroatoms. The zero-order valence-electron chi connectivity index (χ0n) is 9.92. The van der Waals surface area contributed by atoms with Crippen LogP contribution in [0.1, 0.15) is 26.0 Å². The fourth-order valence-electron chi connectivity index (χ4n) is 2.01. The predicted molar refractivity (Wildman–Crippen MR) is 70.5 cm³/mol. The highest BCUT2D eigenvalue weighted by atomic mass is 79.9. The van der Waals surface area contributed by atoms with Crippen molar-refractivity contribution >= 4 is 21.7 Å². The van der Waals surface area contributed by atoms with Gasteiger partial charge >= 0.3 is 0 Å².